The van der Waals surface area contributed by atoms with Gasteiger partial charge >= 0.3 is 0 Å². The Bertz CT molecular complexity index is 430. The van der Waals surface area contributed by atoms with Crippen LogP contribution in [-0.4, -0.2) is 17.3 Å². The zero-order chi connectivity index (χ0) is 13.8. The third-order valence-electron chi connectivity index (χ3n) is 2.87. The highest BCUT2D eigenvalue weighted by atomic mass is 35.5. The highest BCUT2D eigenvalue weighted by molar-refractivity contribution is 6.42. The van der Waals surface area contributed by atoms with Crippen LogP contribution in [0.25, 0.3) is 0 Å². The van der Waals surface area contributed by atoms with Crippen LogP contribution in [0.5, 0.6) is 0 Å². The molecule has 0 saturated heterocycles. The molecule has 1 amide bonds. The van der Waals surface area contributed by atoms with Gasteiger partial charge in [-0.05, 0) is 31.0 Å². The molecular formula is C13H16Cl3NO. The van der Waals surface area contributed by atoms with E-state index in [2.05, 4.69) is 5.32 Å². The molecule has 100 valence electrons. The van der Waals surface area contributed by atoms with Crippen molar-refractivity contribution >= 4 is 40.7 Å². The summed E-state index contributed by atoms with van der Waals surface area (Å²) in [5.74, 6) is 0.315. The number of rotatable bonds is 5. The monoisotopic (exact) mass is 307 g/mol. The lowest BCUT2D eigenvalue weighted by atomic mass is 10.0. The summed E-state index contributed by atoms with van der Waals surface area (Å²) in [7, 11) is 0. The van der Waals surface area contributed by atoms with Gasteiger partial charge in [-0.1, -0.05) is 36.2 Å². The summed E-state index contributed by atoms with van der Waals surface area (Å²) in [4.78, 5) is 11.9. The van der Waals surface area contributed by atoms with Crippen molar-refractivity contribution in [3.63, 3.8) is 0 Å². The second-order valence-corrected chi connectivity index (χ2v) is 5.60. The van der Waals surface area contributed by atoms with Gasteiger partial charge in [-0.2, -0.15) is 0 Å². The molecule has 1 aromatic carbocycles. The van der Waals surface area contributed by atoms with Gasteiger partial charge in [0.25, 0.3) is 0 Å². The molecule has 0 radical (unpaired) electrons. The van der Waals surface area contributed by atoms with E-state index in [0.717, 1.165) is 12.0 Å². The van der Waals surface area contributed by atoms with Crippen LogP contribution in [0.4, 0.5) is 0 Å². The van der Waals surface area contributed by atoms with Crippen LogP contribution in [0.15, 0.2) is 18.2 Å². The maximum Gasteiger partial charge on any atom is 0.224 e. The van der Waals surface area contributed by atoms with Gasteiger partial charge in [-0.25, -0.2) is 0 Å². The predicted molar refractivity (Wildman–Crippen MR) is 77.7 cm³/mol. The van der Waals surface area contributed by atoms with Crippen LogP contribution in [0.3, 0.4) is 0 Å². The van der Waals surface area contributed by atoms with Gasteiger partial charge in [0.1, 0.15) is 0 Å². The Morgan fingerprint density at radius 2 is 2.00 bits per heavy atom. The maximum absolute atomic E-state index is 11.9. The van der Waals surface area contributed by atoms with Crippen LogP contribution in [0, 0.1) is 0 Å². The number of benzene rings is 1. The summed E-state index contributed by atoms with van der Waals surface area (Å²) in [6, 6.07) is 5.18. The van der Waals surface area contributed by atoms with Crippen molar-refractivity contribution in [3.05, 3.63) is 33.8 Å². The van der Waals surface area contributed by atoms with E-state index in [9.17, 15) is 4.79 Å². The molecule has 0 fully saturated rings. The second kappa shape index (κ2) is 6.65. The standard InChI is InChI=1S/C13H16Cl3NO/c1-3-13(2,8-14)17-12(18)7-9-4-5-10(15)11(16)6-9/h4-6H,3,7-8H2,1-2H3,(H,17,18). The Kier molecular flexibility index (Phi) is 5.77. The average Bonchev–Trinajstić information content (AvgIpc) is 2.33. The molecule has 0 spiro atoms. The topological polar surface area (TPSA) is 29.1 Å². The summed E-state index contributed by atoms with van der Waals surface area (Å²) in [5, 5.41) is 3.87. The van der Waals surface area contributed by atoms with Gasteiger partial charge < -0.3 is 5.32 Å². The van der Waals surface area contributed by atoms with Crippen LogP contribution in [-0.2, 0) is 11.2 Å². The van der Waals surface area contributed by atoms with Gasteiger partial charge in [-0.15, -0.1) is 11.6 Å². The first-order valence-corrected chi connectivity index (χ1v) is 7.00. The quantitative estimate of drug-likeness (QED) is 0.817. The van der Waals surface area contributed by atoms with Crippen molar-refractivity contribution in [2.24, 2.45) is 0 Å². The van der Waals surface area contributed by atoms with E-state index < -0.39 is 0 Å². The van der Waals surface area contributed by atoms with E-state index >= 15 is 0 Å². The van der Waals surface area contributed by atoms with Crippen molar-refractivity contribution in [1.29, 1.82) is 0 Å². The van der Waals surface area contributed by atoms with Crippen LogP contribution < -0.4 is 5.32 Å². The fraction of sp³-hybridized carbons (Fsp3) is 0.462. The minimum atomic E-state index is -0.366. The number of halogens is 3. The fourth-order valence-electron chi connectivity index (χ4n) is 1.43. The van der Waals surface area contributed by atoms with E-state index in [4.69, 9.17) is 34.8 Å². The Labute approximate surface area is 123 Å². The lowest BCUT2D eigenvalue weighted by molar-refractivity contribution is -0.122. The average molecular weight is 309 g/mol. The molecule has 1 N–H and O–H groups in total. The van der Waals surface area contributed by atoms with E-state index in [-0.39, 0.29) is 17.9 Å². The van der Waals surface area contributed by atoms with E-state index in [1.165, 1.54) is 0 Å². The van der Waals surface area contributed by atoms with Crippen molar-refractivity contribution in [1.82, 2.24) is 5.32 Å². The highest BCUT2D eigenvalue weighted by Gasteiger charge is 2.22. The van der Waals surface area contributed by atoms with Crippen molar-refractivity contribution in [2.45, 2.75) is 32.2 Å². The summed E-state index contributed by atoms with van der Waals surface area (Å²) >= 11 is 17.6. The molecular weight excluding hydrogens is 293 g/mol. The largest absolute Gasteiger partial charge is 0.349 e. The first-order chi connectivity index (χ1) is 8.40. The Balaban J connectivity index is 2.67. The summed E-state index contributed by atoms with van der Waals surface area (Å²) < 4.78 is 0. The smallest absolute Gasteiger partial charge is 0.224 e. The van der Waals surface area contributed by atoms with Crippen LogP contribution >= 0.6 is 34.8 Å². The van der Waals surface area contributed by atoms with E-state index in [1.807, 2.05) is 13.8 Å². The normalized spacial score (nSPS) is 14.1. The molecule has 0 saturated carbocycles. The molecule has 2 nitrogen and oxygen atoms in total. The van der Waals surface area contributed by atoms with Gasteiger partial charge in [0.2, 0.25) is 5.91 Å². The van der Waals surface area contributed by atoms with Crippen LogP contribution in [0.1, 0.15) is 25.8 Å². The number of hydrogen-bond donors (Lipinski definition) is 1. The number of hydrogen-bond acceptors (Lipinski definition) is 1. The lowest BCUT2D eigenvalue weighted by Gasteiger charge is -2.27. The molecule has 1 unspecified atom stereocenters. The summed E-state index contributed by atoms with van der Waals surface area (Å²) in [6.07, 6.45) is 1.05. The second-order valence-electron chi connectivity index (χ2n) is 4.52. The molecule has 1 rings (SSSR count). The first kappa shape index (κ1) is 15.6. The van der Waals surface area contributed by atoms with Crippen molar-refractivity contribution in [2.75, 3.05) is 5.88 Å². The molecule has 18 heavy (non-hydrogen) atoms. The van der Waals surface area contributed by atoms with Gasteiger partial charge in [-0.3, -0.25) is 4.79 Å². The first-order valence-electron chi connectivity index (χ1n) is 5.71. The zero-order valence-corrected chi connectivity index (χ0v) is 12.7. The molecule has 1 atom stereocenters. The molecule has 0 heterocycles. The van der Waals surface area contributed by atoms with Gasteiger partial charge in [0.05, 0.1) is 22.0 Å². The molecule has 0 aliphatic carbocycles. The number of nitrogens with one attached hydrogen (secondary N) is 1. The zero-order valence-electron chi connectivity index (χ0n) is 10.4. The van der Waals surface area contributed by atoms with Gasteiger partial charge in [0.15, 0.2) is 0 Å². The van der Waals surface area contributed by atoms with Gasteiger partial charge in [0, 0.05) is 5.88 Å². The van der Waals surface area contributed by atoms with E-state index in [1.54, 1.807) is 18.2 Å². The third kappa shape index (κ3) is 4.34. The SMILES string of the molecule is CCC(C)(CCl)NC(=O)Cc1ccc(Cl)c(Cl)c1. The highest BCUT2D eigenvalue weighted by Crippen LogP contribution is 2.23. The Hall–Kier alpha value is -0.440. The van der Waals surface area contributed by atoms with Crippen molar-refractivity contribution < 1.29 is 4.79 Å². The number of carbonyl (C=O) groups is 1. The lowest BCUT2D eigenvalue weighted by Crippen LogP contribution is -2.47. The minimum absolute atomic E-state index is 0.0709. The molecule has 1 aromatic rings. The molecule has 0 aliphatic heterocycles. The fourth-order valence-corrected chi connectivity index (χ4v) is 2.01. The molecule has 0 aliphatic rings. The number of amides is 1. The summed E-state index contributed by atoms with van der Waals surface area (Å²) in [5.41, 5.74) is 0.462. The maximum atomic E-state index is 11.9. The third-order valence-corrected chi connectivity index (χ3v) is 4.19. The van der Waals surface area contributed by atoms with Crippen LogP contribution in [0.2, 0.25) is 10.0 Å². The molecule has 0 bridgehead atoms. The summed E-state index contributed by atoms with van der Waals surface area (Å²) in [6.45, 7) is 3.91. The van der Waals surface area contributed by atoms with Crippen molar-refractivity contribution in [3.8, 4) is 0 Å². The predicted octanol–water partition coefficient (Wildman–Crippen LogP) is 4.06. The Morgan fingerprint density at radius 1 is 1.33 bits per heavy atom. The van der Waals surface area contributed by atoms with E-state index in [0.29, 0.717) is 15.9 Å². The Morgan fingerprint density at radius 3 is 2.50 bits per heavy atom. The number of alkyl halides is 1. The molecule has 5 heteroatoms. The number of carbonyl (C=O) groups excluding carboxylic acids is 1. The molecule has 0 aromatic heterocycles. The minimum Gasteiger partial charge on any atom is -0.349 e.